The van der Waals surface area contributed by atoms with Gasteiger partial charge in [-0.25, -0.2) is 0 Å². The Morgan fingerprint density at radius 1 is 1.43 bits per heavy atom. The summed E-state index contributed by atoms with van der Waals surface area (Å²) in [5, 5.41) is 5.15. The van der Waals surface area contributed by atoms with Crippen molar-refractivity contribution in [2.75, 3.05) is 0 Å². The van der Waals surface area contributed by atoms with Crippen molar-refractivity contribution in [3.63, 3.8) is 0 Å². The molecule has 1 unspecified atom stereocenters. The molecular weight excluding hydrogens is 110 g/mol. The van der Waals surface area contributed by atoms with Gasteiger partial charge >= 0.3 is 0 Å². The maximum atomic E-state index is 8.69. The maximum Gasteiger partial charge on any atom is 0.237 e. The van der Waals surface area contributed by atoms with Crippen molar-refractivity contribution in [3.05, 3.63) is 0 Å². The van der Waals surface area contributed by atoms with Crippen LogP contribution in [0.4, 0.5) is 0 Å². The molecule has 44 valence electrons. The topological polar surface area (TPSA) is 46.2 Å². The molecule has 0 bridgehead atoms. The molecule has 0 fully saturated rings. The molecule has 1 atom stereocenters. The van der Waals surface area contributed by atoms with Gasteiger partial charge in [-0.1, -0.05) is 0 Å². The van der Waals surface area contributed by atoms with Gasteiger partial charge in [0, 0.05) is 0 Å². The molecule has 0 aromatic rings. The summed E-state index contributed by atoms with van der Waals surface area (Å²) in [5.41, 5.74) is 0. The van der Waals surface area contributed by atoms with E-state index in [9.17, 15) is 0 Å². The van der Waals surface area contributed by atoms with E-state index in [4.69, 9.17) is 9.69 Å². The molecule has 0 saturated heterocycles. The fourth-order valence-electron chi connectivity index (χ4n) is 0. The lowest BCUT2D eigenvalue weighted by Gasteiger charge is -2.07. The lowest BCUT2D eigenvalue weighted by Crippen LogP contribution is -2.33. The monoisotopic (exact) mass is 122 g/mol. The molecule has 0 rings (SSSR count). The Bertz CT molecular complexity index is 57.2. The standard InChI is InChI=1S/C4H12NOS/c1-4(2,3)7(5)6/h6H,5H2,1-3H3/q+1. The van der Waals surface area contributed by atoms with Gasteiger partial charge in [0.05, 0.1) is 0 Å². The van der Waals surface area contributed by atoms with Crippen LogP contribution in [0.3, 0.4) is 0 Å². The Labute approximate surface area is 47.4 Å². The number of hydrogen-bond donors (Lipinski definition) is 2. The molecule has 0 aromatic heterocycles. The van der Waals surface area contributed by atoms with Crippen molar-refractivity contribution in [3.8, 4) is 0 Å². The fourth-order valence-corrected chi connectivity index (χ4v) is 0. The van der Waals surface area contributed by atoms with E-state index < -0.39 is 11.4 Å². The van der Waals surface area contributed by atoms with Crippen LogP contribution in [0.15, 0.2) is 0 Å². The summed E-state index contributed by atoms with van der Waals surface area (Å²) in [6, 6.07) is 0. The highest BCUT2D eigenvalue weighted by Gasteiger charge is 2.29. The van der Waals surface area contributed by atoms with E-state index in [-0.39, 0.29) is 4.75 Å². The van der Waals surface area contributed by atoms with Gasteiger partial charge < -0.3 is 0 Å². The second kappa shape index (κ2) is 2.03. The lowest BCUT2D eigenvalue weighted by atomic mass is 10.3. The largest absolute Gasteiger partial charge is 0.237 e. The number of nitrogens with two attached hydrogens (primary N) is 1. The van der Waals surface area contributed by atoms with Crippen molar-refractivity contribution in [1.82, 2.24) is 0 Å². The molecule has 0 aromatic carbocycles. The Morgan fingerprint density at radius 3 is 1.57 bits per heavy atom. The van der Waals surface area contributed by atoms with Crippen LogP contribution in [0.1, 0.15) is 20.8 Å². The molecular formula is C4H12NOS+. The molecule has 0 radical (unpaired) electrons. The third-order valence-electron chi connectivity index (χ3n) is 0.627. The highest BCUT2D eigenvalue weighted by atomic mass is 32.2. The van der Waals surface area contributed by atoms with E-state index >= 15 is 0 Å². The third kappa shape index (κ3) is 2.91. The predicted molar refractivity (Wildman–Crippen MR) is 33.9 cm³/mol. The van der Waals surface area contributed by atoms with Gasteiger partial charge in [0.2, 0.25) is 11.4 Å². The van der Waals surface area contributed by atoms with Gasteiger partial charge in [-0.3, -0.25) is 0 Å². The lowest BCUT2D eigenvalue weighted by molar-refractivity contribution is 0.596. The van der Waals surface area contributed by atoms with E-state index in [1.54, 1.807) is 0 Å². The van der Waals surface area contributed by atoms with E-state index in [0.717, 1.165) is 0 Å². The molecule has 3 heteroatoms. The van der Waals surface area contributed by atoms with Crippen LogP contribution in [0.25, 0.3) is 0 Å². The summed E-state index contributed by atoms with van der Waals surface area (Å²) < 4.78 is 8.56. The molecule has 2 nitrogen and oxygen atoms in total. The van der Waals surface area contributed by atoms with Gasteiger partial charge in [0.1, 0.15) is 0 Å². The minimum atomic E-state index is -0.933. The van der Waals surface area contributed by atoms with Crippen molar-refractivity contribution >= 4 is 11.4 Å². The minimum Gasteiger partial charge on any atom is -0.166 e. The van der Waals surface area contributed by atoms with Crippen molar-refractivity contribution in [2.24, 2.45) is 5.14 Å². The van der Waals surface area contributed by atoms with Gasteiger partial charge in [0.25, 0.3) is 0 Å². The molecule has 0 saturated carbocycles. The molecule has 0 spiro atoms. The van der Waals surface area contributed by atoms with E-state index in [2.05, 4.69) is 0 Å². The van der Waals surface area contributed by atoms with E-state index in [0.29, 0.717) is 0 Å². The van der Waals surface area contributed by atoms with Crippen LogP contribution < -0.4 is 5.14 Å². The summed E-state index contributed by atoms with van der Waals surface area (Å²) in [4.78, 5) is 0. The van der Waals surface area contributed by atoms with Crippen molar-refractivity contribution in [1.29, 1.82) is 0 Å². The summed E-state index contributed by atoms with van der Waals surface area (Å²) in [5.74, 6) is 0. The first-order valence-corrected chi connectivity index (χ1v) is 3.37. The van der Waals surface area contributed by atoms with E-state index in [1.165, 1.54) is 0 Å². The number of hydrogen-bond acceptors (Lipinski definition) is 2. The van der Waals surface area contributed by atoms with Crippen molar-refractivity contribution < 1.29 is 4.55 Å². The fraction of sp³-hybridized carbons (Fsp3) is 1.00. The SMILES string of the molecule is CC(C)(C)[S+](N)O. The first kappa shape index (κ1) is 7.27. The van der Waals surface area contributed by atoms with Crippen LogP contribution in [0.5, 0.6) is 0 Å². The molecule has 7 heavy (non-hydrogen) atoms. The van der Waals surface area contributed by atoms with Crippen LogP contribution >= 0.6 is 0 Å². The molecule has 0 aliphatic heterocycles. The molecule has 0 aliphatic rings. The van der Waals surface area contributed by atoms with Gasteiger partial charge in [0.15, 0.2) is 4.75 Å². The Morgan fingerprint density at radius 2 is 1.57 bits per heavy atom. The summed E-state index contributed by atoms with van der Waals surface area (Å²) >= 11 is -0.933. The third-order valence-corrected chi connectivity index (χ3v) is 1.88. The van der Waals surface area contributed by atoms with Gasteiger partial charge in [-0.2, -0.15) is 4.55 Å². The highest BCUT2D eigenvalue weighted by Crippen LogP contribution is 2.09. The zero-order valence-electron chi connectivity index (χ0n) is 4.93. The smallest absolute Gasteiger partial charge is 0.166 e. The summed E-state index contributed by atoms with van der Waals surface area (Å²) in [6.07, 6.45) is 0. The van der Waals surface area contributed by atoms with Gasteiger partial charge in [-0.05, 0) is 20.8 Å². The van der Waals surface area contributed by atoms with Crippen molar-refractivity contribution in [2.45, 2.75) is 25.5 Å². The minimum absolute atomic E-state index is 0.139. The normalized spacial score (nSPS) is 16.7. The number of rotatable bonds is 0. The second-order valence-corrected chi connectivity index (χ2v) is 4.28. The predicted octanol–water partition coefficient (Wildman–Crippen LogP) is 0.750. The zero-order chi connectivity index (χ0) is 6.08. The summed E-state index contributed by atoms with van der Waals surface area (Å²) in [7, 11) is 0. The van der Waals surface area contributed by atoms with Crippen LogP contribution in [-0.2, 0) is 11.4 Å². The molecule has 0 heterocycles. The quantitative estimate of drug-likeness (QED) is 0.466. The van der Waals surface area contributed by atoms with Gasteiger partial charge in [-0.15, -0.1) is 5.14 Å². The second-order valence-electron chi connectivity index (χ2n) is 2.43. The Hall–Kier alpha value is 0.270. The van der Waals surface area contributed by atoms with Crippen LogP contribution in [-0.4, -0.2) is 9.30 Å². The van der Waals surface area contributed by atoms with Crippen LogP contribution in [0.2, 0.25) is 0 Å². The molecule has 3 N–H and O–H groups in total. The highest BCUT2D eigenvalue weighted by molar-refractivity contribution is 7.90. The Kier molecular flexibility index (Phi) is 2.10. The first-order valence-electron chi connectivity index (χ1n) is 2.12. The average molecular weight is 122 g/mol. The molecule has 0 aliphatic carbocycles. The molecule has 0 amide bonds. The van der Waals surface area contributed by atoms with E-state index in [1.807, 2.05) is 20.8 Å². The zero-order valence-corrected chi connectivity index (χ0v) is 5.75. The maximum absolute atomic E-state index is 8.69. The summed E-state index contributed by atoms with van der Waals surface area (Å²) in [6.45, 7) is 5.70. The van der Waals surface area contributed by atoms with Crippen LogP contribution in [0, 0.1) is 0 Å². The first-order chi connectivity index (χ1) is 2.94. The Balaban J connectivity index is 3.54. The average Bonchev–Trinajstić information content (AvgIpc) is 1.31.